The zero-order valence-corrected chi connectivity index (χ0v) is 46.6. The first-order valence-electron chi connectivity index (χ1n) is 27.5. The molecule has 0 radical (unpaired) electrons. The van der Waals surface area contributed by atoms with E-state index in [2.05, 4.69) is 174 Å². The van der Waals surface area contributed by atoms with Crippen LogP contribution in [0, 0.1) is 0 Å². The predicted molar refractivity (Wildman–Crippen MR) is 302 cm³/mol. The van der Waals surface area contributed by atoms with Crippen LogP contribution in [-0.2, 0) is 25.7 Å². The maximum absolute atomic E-state index is 5.59. The molecule has 0 aromatic heterocycles. The molecule has 0 saturated heterocycles. The fourth-order valence-corrected chi connectivity index (χ4v) is 9.56. The Bertz CT molecular complexity index is 2610. The van der Waals surface area contributed by atoms with Crippen LogP contribution in [0.25, 0.3) is 0 Å². The van der Waals surface area contributed by atoms with Gasteiger partial charge in [-0.1, -0.05) is 156 Å². The minimum Gasteiger partial charge on any atom is -0.493 e. The van der Waals surface area contributed by atoms with Crippen molar-refractivity contribution >= 4 is 0 Å². The maximum Gasteiger partial charge on any atom is 0.164 e. The zero-order valence-electron chi connectivity index (χ0n) is 46.6. The average Bonchev–Trinajstić information content (AvgIpc) is 4.27. The van der Waals surface area contributed by atoms with Gasteiger partial charge in [0.25, 0.3) is 0 Å². The molecule has 6 aliphatic heterocycles. The third-order valence-corrected chi connectivity index (χ3v) is 14.0. The fraction of sp³-hybridized carbons (Fsp3) is 0.455. The van der Waals surface area contributed by atoms with Crippen LogP contribution in [0.15, 0.2) is 109 Å². The van der Waals surface area contributed by atoms with Crippen LogP contribution in [0.5, 0.6) is 46.0 Å². The lowest BCUT2D eigenvalue weighted by Gasteiger charge is -2.22. The Morgan fingerprint density at radius 3 is 1.36 bits per heavy atom. The first-order chi connectivity index (χ1) is 35.7. The number of rotatable bonds is 6. The predicted octanol–water partition coefficient (Wildman–Crippen LogP) is 16.1. The van der Waals surface area contributed by atoms with Crippen molar-refractivity contribution in [3.05, 3.63) is 165 Å². The molecular weight excluding hydrogens is 921 g/mol. The van der Waals surface area contributed by atoms with Crippen LogP contribution >= 0.6 is 0 Å². The number of para-hydroxylation sites is 2. The molecule has 6 heterocycles. The van der Waals surface area contributed by atoms with E-state index in [4.69, 9.17) is 37.9 Å². The normalized spacial score (nSPS) is 14.6. The maximum atomic E-state index is 5.59. The molecule has 0 atom stereocenters. The van der Waals surface area contributed by atoms with Crippen LogP contribution in [0.2, 0.25) is 0 Å². The summed E-state index contributed by atoms with van der Waals surface area (Å²) in [5.74, 6) is 11.4. The van der Waals surface area contributed by atoms with Crippen molar-refractivity contribution in [1.82, 2.24) is 0 Å². The van der Waals surface area contributed by atoms with Gasteiger partial charge in [-0.3, -0.25) is 0 Å². The summed E-state index contributed by atoms with van der Waals surface area (Å²) in [7, 11) is 0. The monoisotopic (exact) mass is 1000 g/mol. The molecule has 0 amide bonds. The van der Waals surface area contributed by atoms with Gasteiger partial charge in [0.05, 0.1) is 26.4 Å². The van der Waals surface area contributed by atoms with Crippen molar-refractivity contribution in [2.75, 3.05) is 52.9 Å². The topological polar surface area (TPSA) is 73.8 Å². The molecule has 6 aromatic carbocycles. The molecule has 0 N–H and O–H groups in total. The van der Waals surface area contributed by atoms with Crippen molar-refractivity contribution < 1.29 is 37.9 Å². The van der Waals surface area contributed by atoms with E-state index in [0.29, 0.717) is 61.9 Å². The molecule has 6 aliphatic rings. The third-order valence-electron chi connectivity index (χ3n) is 14.0. The Balaban J connectivity index is 0.000000130. The average molecular weight is 1010 g/mol. The Morgan fingerprint density at radius 1 is 0.270 bits per heavy atom. The van der Waals surface area contributed by atoms with E-state index < -0.39 is 0 Å². The van der Waals surface area contributed by atoms with Crippen LogP contribution in [-0.4, -0.2) is 52.9 Å². The number of hydrogen-bond acceptors (Lipinski definition) is 8. The molecule has 0 fully saturated rings. The highest BCUT2D eigenvalue weighted by molar-refractivity contribution is 5.50. The van der Waals surface area contributed by atoms with E-state index >= 15 is 0 Å². The van der Waals surface area contributed by atoms with Gasteiger partial charge >= 0.3 is 0 Å². The second-order valence-electron chi connectivity index (χ2n) is 21.5. The SMILES string of the molecule is CC(C)c1ccc2c(c1)CCO2.CC(C)c1ccc2c(c1)OCC2.CC(C)c1ccc2c(c1)OCCO2.CC(C)c1cccc2c1CCO2.CC(C)c1cccc2c1OCC2.CC(C)c1cccc2c1OCCO2. The Hall–Kier alpha value is -6.28. The van der Waals surface area contributed by atoms with Gasteiger partial charge in [0.2, 0.25) is 0 Å². The molecule has 0 saturated carbocycles. The van der Waals surface area contributed by atoms with Gasteiger partial charge in [0, 0.05) is 36.8 Å². The first-order valence-corrected chi connectivity index (χ1v) is 27.5. The van der Waals surface area contributed by atoms with E-state index in [-0.39, 0.29) is 0 Å². The lowest BCUT2D eigenvalue weighted by atomic mass is 9.96. The zero-order chi connectivity index (χ0) is 52.7. The van der Waals surface area contributed by atoms with Crippen molar-refractivity contribution in [2.45, 2.75) is 144 Å². The quantitative estimate of drug-likeness (QED) is 0.163. The van der Waals surface area contributed by atoms with E-state index in [0.717, 1.165) is 98.1 Å². The van der Waals surface area contributed by atoms with E-state index in [1.165, 1.54) is 55.6 Å². The van der Waals surface area contributed by atoms with Crippen molar-refractivity contribution in [3.63, 3.8) is 0 Å². The van der Waals surface area contributed by atoms with Crippen molar-refractivity contribution in [2.24, 2.45) is 0 Å². The summed E-state index contributed by atoms with van der Waals surface area (Å²) in [6, 6.07) is 38.1. The second kappa shape index (κ2) is 26.8. The number of fused-ring (bicyclic) bond motifs is 6. The molecular formula is C66H84O8. The van der Waals surface area contributed by atoms with Gasteiger partial charge in [0.1, 0.15) is 49.4 Å². The largest absolute Gasteiger partial charge is 0.493 e. The molecule has 0 spiro atoms. The third kappa shape index (κ3) is 14.7. The molecule has 8 heteroatoms. The molecule has 0 unspecified atom stereocenters. The van der Waals surface area contributed by atoms with Gasteiger partial charge < -0.3 is 37.9 Å². The summed E-state index contributed by atoms with van der Waals surface area (Å²) in [5, 5.41) is 0. The van der Waals surface area contributed by atoms with Gasteiger partial charge in [-0.05, 0) is 116 Å². The molecule has 12 rings (SSSR count). The summed E-state index contributed by atoms with van der Waals surface area (Å²) >= 11 is 0. The summed E-state index contributed by atoms with van der Waals surface area (Å²) < 4.78 is 44.0. The highest BCUT2D eigenvalue weighted by Crippen LogP contribution is 2.38. The van der Waals surface area contributed by atoms with E-state index in [1.807, 2.05) is 18.2 Å². The summed E-state index contributed by atoms with van der Waals surface area (Å²) in [6.07, 6.45) is 4.32. The smallest absolute Gasteiger partial charge is 0.164 e. The minimum absolute atomic E-state index is 0.483. The Morgan fingerprint density at radius 2 is 0.703 bits per heavy atom. The number of ether oxygens (including phenoxy) is 8. The van der Waals surface area contributed by atoms with E-state index in [1.54, 1.807) is 0 Å². The lowest BCUT2D eigenvalue weighted by molar-refractivity contribution is 0.169. The summed E-state index contributed by atoms with van der Waals surface area (Å²) in [4.78, 5) is 0. The molecule has 8 nitrogen and oxygen atoms in total. The summed E-state index contributed by atoms with van der Waals surface area (Å²) in [5.41, 5.74) is 13.7. The second-order valence-corrected chi connectivity index (χ2v) is 21.5. The van der Waals surface area contributed by atoms with Gasteiger partial charge in [-0.2, -0.15) is 0 Å². The fourth-order valence-electron chi connectivity index (χ4n) is 9.56. The first kappa shape index (κ1) is 55.5. The van der Waals surface area contributed by atoms with Crippen LogP contribution in [0.1, 0.15) is 174 Å². The number of benzene rings is 6. The molecule has 74 heavy (non-hydrogen) atoms. The highest BCUT2D eigenvalue weighted by Gasteiger charge is 2.20. The molecule has 0 aliphatic carbocycles. The minimum atomic E-state index is 0.483. The lowest BCUT2D eigenvalue weighted by Crippen LogP contribution is -2.16. The van der Waals surface area contributed by atoms with Crippen molar-refractivity contribution in [3.8, 4) is 46.0 Å². The Labute approximate surface area is 444 Å². The van der Waals surface area contributed by atoms with Gasteiger partial charge in [0.15, 0.2) is 23.0 Å². The highest BCUT2D eigenvalue weighted by atomic mass is 16.6. The van der Waals surface area contributed by atoms with Crippen LogP contribution < -0.4 is 37.9 Å². The van der Waals surface area contributed by atoms with Gasteiger partial charge in [-0.15, -0.1) is 0 Å². The van der Waals surface area contributed by atoms with Crippen LogP contribution in [0.4, 0.5) is 0 Å². The van der Waals surface area contributed by atoms with Crippen LogP contribution in [0.3, 0.4) is 0 Å². The summed E-state index contributed by atoms with van der Waals surface area (Å²) in [6.45, 7) is 32.5. The Kier molecular flexibility index (Phi) is 20.1. The van der Waals surface area contributed by atoms with Gasteiger partial charge in [-0.25, -0.2) is 0 Å². The standard InChI is InChI=1S/2C11H14O2.4C11H14O/c1-8(2)9-3-4-10-11(7-9)13-6-5-12-10;1-8(2)9-4-3-5-10-11(9)13-7-6-12-10;1-8(2)9-3-4-11-10(7-9)5-6-12-11;1-8(2)10-4-3-9-5-6-12-11(9)7-10;1-8(2)9-4-3-5-11-10(9)6-7-12-11;1-8(2)10-5-3-4-9-6-7-12-11(9)10/h3-4,7-8H,5-6H2,1-2H3;3-5,8H,6-7H2,1-2H3;2*3-4,7-8H,5-6H2,1-2H3;2*3-5,8H,6-7H2,1-2H3. The molecule has 6 aromatic rings. The molecule has 0 bridgehead atoms. The molecule has 396 valence electrons. The van der Waals surface area contributed by atoms with Crippen molar-refractivity contribution in [1.29, 1.82) is 0 Å². The number of hydrogen-bond donors (Lipinski definition) is 0. The van der Waals surface area contributed by atoms with E-state index in [9.17, 15) is 0 Å².